The van der Waals surface area contributed by atoms with Crippen molar-refractivity contribution in [2.75, 3.05) is 26.2 Å². The zero-order valence-corrected chi connectivity index (χ0v) is 20.7. The minimum atomic E-state index is -0.632. The van der Waals surface area contributed by atoms with Crippen LogP contribution in [0.2, 0.25) is 5.02 Å². The van der Waals surface area contributed by atoms with Crippen LogP contribution in [0.1, 0.15) is 46.1 Å². The lowest BCUT2D eigenvalue weighted by Crippen LogP contribution is -2.54. The fraction of sp³-hybridized carbons (Fsp3) is 0.565. The number of hydrogen-bond acceptors (Lipinski definition) is 6. The van der Waals surface area contributed by atoms with E-state index < -0.39 is 23.5 Å². The average molecular weight is 496 g/mol. The van der Waals surface area contributed by atoms with E-state index in [-0.39, 0.29) is 31.7 Å². The first-order valence-corrected chi connectivity index (χ1v) is 11.5. The minimum absolute atomic E-state index is 0.0244. The second kappa shape index (κ2) is 12.4. The molecule has 1 saturated heterocycles. The third-order valence-electron chi connectivity index (χ3n) is 4.85. The number of aliphatic imine (C=N–C) groups is 1. The number of nitriles is 1. The van der Waals surface area contributed by atoms with Gasteiger partial charge in [-0.1, -0.05) is 11.6 Å². The molecule has 0 aliphatic carbocycles. The highest BCUT2D eigenvalue weighted by Crippen LogP contribution is 2.21. The molecule has 1 aromatic rings. The molecule has 1 aliphatic rings. The molecule has 0 saturated carbocycles. The number of ether oxygens (including phenoxy) is 2. The van der Waals surface area contributed by atoms with E-state index in [1.807, 2.05) is 0 Å². The molecule has 11 heteroatoms. The summed E-state index contributed by atoms with van der Waals surface area (Å²) in [6, 6.07) is 3.68. The standard InChI is InChI=1S/C23H31ClFN5O4/c1-5-33-20(31)14-30(12-16-11-17(25)8-9-19(16)24)21(27-15-26)29-10-6-7-18(13-29)28-22(32)34-23(2,3)4/h8-9,11,18H,5-7,10,12-14H2,1-4H3,(H,28,32)/t18-/m1/s1. The highest BCUT2D eigenvalue weighted by atomic mass is 35.5. The number of nitrogens with one attached hydrogen (secondary N) is 1. The third-order valence-corrected chi connectivity index (χ3v) is 5.22. The highest BCUT2D eigenvalue weighted by molar-refractivity contribution is 6.31. The van der Waals surface area contributed by atoms with Crippen molar-refractivity contribution in [3.8, 4) is 6.19 Å². The SMILES string of the molecule is CCOC(=O)CN(Cc1cc(F)ccc1Cl)C(=NC#N)N1CCC[C@@H](NC(=O)OC(C)(C)C)C1. The Labute approximate surface area is 204 Å². The van der Waals surface area contributed by atoms with Gasteiger partial charge < -0.3 is 24.6 Å². The fourth-order valence-electron chi connectivity index (χ4n) is 3.57. The van der Waals surface area contributed by atoms with Gasteiger partial charge in [-0.15, -0.1) is 4.99 Å². The Morgan fingerprint density at radius 1 is 1.41 bits per heavy atom. The summed E-state index contributed by atoms with van der Waals surface area (Å²) in [6.45, 7) is 7.90. The number of alkyl carbamates (subject to hydrolysis) is 1. The van der Waals surface area contributed by atoms with E-state index in [0.29, 0.717) is 36.5 Å². The molecule has 34 heavy (non-hydrogen) atoms. The Morgan fingerprint density at radius 2 is 2.15 bits per heavy atom. The quantitative estimate of drug-likeness (QED) is 0.277. The highest BCUT2D eigenvalue weighted by Gasteiger charge is 2.29. The lowest BCUT2D eigenvalue weighted by Gasteiger charge is -2.38. The Bertz CT molecular complexity index is 944. The molecule has 0 aromatic heterocycles. The smallest absolute Gasteiger partial charge is 0.407 e. The van der Waals surface area contributed by atoms with Crippen molar-refractivity contribution < 1.29 is 23.5 Å². The molecule has 1 heterocycles. The molecule has 1 aromatic carbocycles. The van der Waals surface area contributed by atoms with Crippen molar-refractivity contribution >= 4 is 29.6 Å². The molecule has 1 fully saturated rings. The Kier molecular flexibility index (Phi) is 9.93. The topological polar surface area (TPSA) is 107 Å². The molecular formula is C23H31ClFN5O4. The molecule has 186 valence electrons. The number of carbonyl (C=O) groups excluding carboxylic acids is 2. The number of carbonyl (C=O) groups is 2. The van der Waals surface area contributed by atoms with Gasteiger partial charge in [0.2, 0.25) is 12.2 Å². The van der Waals surface area contributed by atoms with Gasteiger partial charge in [0.1, 0.15) is 18.0 Å². The molecule has 0 bridgehead atoms. The predicted molar refractivity (Wildman–Crippen MR) is 125 cm³/mol. The Balaban J connectivity index is 2.27. The second-order valence-electron chi connectivity index (χ2n) is 8.84. The van der Waals surface area contributed by atoms with Crippen molar-refractivity contribution in [1.82, 2.24) is 15.1 Å². The van der Waals surface area contributed by atoms with Crippen LogP contribution in [-0.4, -0.2) is 65.7 Å². The van der Waals surface area contributed by atoms with Crippen molar-refractivity contribution in [2.45, 2.75) is 58.7 Å². The summed E-state index contributed by atoms with van der Waals surface area (Å²) in [5.74, 6) is -0.790. The minimum Gasteiger partial charge on any atom is -0.465 e. The van der Waals surface area contributed by atoms with Gasteiger partial charge in [0.25, 0.3) is 0 Å². The number of esters is 1. The lowest BCUT2D eigenvalue weighted by molar-refractivity contribution is -0.143. The number of amides is 1. The summed E-state index contributed by atoms with van der Waals surface area (Å²) in [5, 5.41) is 12.5. The zero-order chi connectivity index (χ0) is 25.3. The van der Waals surface area contributed by atoms with E-state index >= 15 is 0 Å². The maximum atomic E-state index is 13.9. The number of hydrogen-bond donors (Lipinski definition) is 1. The summed E-state index contributed by atoms with van der Waals surface area (Å²) < 4.78 is 24.3. The van der Waals surface area contributed by atoms with Crippen LogP contribution in [0, 0.1) is 17.3 Å². The first-order chi connectivity index (χ1) is 16.0. The molecule has 0 unspecified atom stereocenters. The number of rotatable bonds is 6. The number of guanidine groups is 1. The molecule has 2 rings (SSSR count). The summed E-state index contributed by atoms with van der Waals surface area (Å²) in [7, 11) is 0. The molecular weight excluding hydrogens is 465 g/mol. The summed E-state index contributed by atoms with van der Waals surface area (Å²) in [4.78, 5) is 31.9. The Hall–Kier alpha value is -3.06. The van der Waals surface area contributed by atoms with E-state index in [2.05, 4.69) is 10.3 Å². The van der Waals surface area contributed by atoms with E-state index in [9.17, 15) is 19.2 Å². The first kappa shape index (κ1) is 27.2. The number of nitrogens with zero attached hydrogens (tertiary/aromatic N) is 4. The monoisotopic (exact) mass is 495 g/mol. The van der Waals surface area contributed by atoms with Crippen LogP contribution in [0.25, 0.3) is 0 Å². The van der Waals surface area contributed by atoms with Gasteiger partial charge in [0, 0.05) is 30.7 Å². The van der Waals surface area contributed by atoms with Crippen LogP contribution in [0.5, 0.6) is 0 Å². The number of piperidine rings is 1. The number of halogens is 2. The van der Waals surface area contributed by atoms with Crippen LogP contribution in [0.15, 0.2) is 23.2 Å². The zero-order valence-electron chi connectivity index (χ0n) is 19.9. The van der Waals surface area contributed by atoms with Crippen molar-refractivity contribution in [3.05, 3.63) is 34.6 Å². The van der Waals surface area contributed by atoms with Gasteiger partial charge >= 0.3 is 12.1 Å². The molecule has 9 nitrogen and oxygen atoms in total. The maximum absolute atomic E-state index is 13.9. The first-order valence-electron chi connectivity index (χ1n) is 11.1. The Morgan fingerprint density at radius 3 is 2.79 bits per heavy atom. The fourth-order valence-corrected chi connectivity index (χ4v) is 3.74. The van der Waals surface area contributed by atoms with Gasteiger partial charge in [0.15, 0.2) is 0 Å². The number of likely N-dealkylation sites (tertiary alicyclic amines) is 1. The normalized spacial score (nSPS) is 16.4. The van der Waals surface area contributed by atoms with Crippen LogP contribution in [0.3, 0.4) is 0 Å². The number of benzene rings is 1. The van der Waals surface area contributed by atoms with E-state index in [4.69, 9.17) is 21.1 Å². The largest absolute Gasteiger partial charge is 0.465 e. The maximum Gasteiger partial charge on any atom is 0.407 e. The predicted octanol–water partition coefficient (Wildman–Crippen LogP) is 3.67. The van der Waals surface area contributed by atoms with Gasteiger partial charge in [-0.2, -0.15) is 5.26 Å². The van der Waals surface area contributed by atoms with E-state index in [0.717, 1.165) is 0 Å². The molecule has 1 aliphatic heterocycles. The molecule has 0 spiro atoms. The molecule has 1 N–H and O–H groups in total. The van der Waals surface area contributed by atoms with Crippen LogP contribution < -0.4 is 5.32 Å². The molecule has 0 radical (unpaired) electrons. The summed E-state index contributed by atoms with van der Waals surface area (Å²) >= 11 is 6.25. The van der Waals surface area contributed by atoms with Gasteiger partial charge in [-0.25, -0.2) is 9.18 Å². The molecule has 1 amide bonds. The lowest BCUT2D eigenvalue weighted by atomic mass is 10.1. The van der Waals surface area contributed by atoms with Crippen molar-refractivity contribution in [3.63, 3.8) is 0 Å². The van der Waals surface area contributed by atoms with E-state index in [1.165, 1.54) is 23.1 Å². The van der Waals surface area contributed by atoms with Gasteiger partial charge in [0.05, 0.1) is 6.61 Å². The van der Waals surface area contributed by atoms with Gasteiger partial charge in [-0.05, 0) is 64.3 Å². The van der Waals surface area contributed by atoms with Crippen LogP contribution in [-0.2, 0) is 20.8 Å². The average Bonchev–Trinajstić information content (AvgIpc) is 2.73. The summed E-state index contributed by atoms with van der Waals surface area (Å²) in [6.07, 6.45) is 2.67. The summed E-state index contributed by atoms with van der Waals surface area (Å²) in [5.41, 5.74) is -0.205. The van der Waals surface area contributed by atoms with E-state index in [1.54, 1.807) is 38.8 Å². The van der Waals surface area contributed by atoms with Crippen molar-refractivity contribution in [1.29, 1.82) is 5.26 Å². The second-order valence-corrected chi connectivity index (χ2v) is 9.25. The van der Waals surface area contributed by atoms with Crippen LogP contribution >= 0.6 is 11.6 Å². The molecule has 1 atom stereocenters. The van der Waals surface area contributed by atoms with Gasteiger partial charge in [-0.3, -0.25) is 4.79 Å². The van der Waals surface area contributed by atoms with Crippen molar-refractivity contribution in [2.24, 2.45) is 4.99 Å². The van der Waals surface area contributed by atoms with Crippen LogP contribution in [0.4, 0.5) is 9.18 Å². The third kappa shape index (κ3) is 8.71.